The van der Waals surface area contributed by atoms with E-state index in [4.69, 9.17) is 11.6 Å². The van der Waals surface area contributed by atoms with Gasteiger partial charge in [0.1, 0.15) is 5.75 Å². The summed E-state index contributed by atoms with van der Waals surface area (Å²) in [6.07, 6.45) is 1.03. The van der Waals surface area contributed by atoms with Crippen molar-refractivity contribution in [1.29, 1.82) is 0 Å². The minimum Gasteiger partial charge on any atom is -0.435 e. The first kappa shape index (κ1) is 22.6. The molecule has 31 heavy (non-hydrogen) atoms. The minimum absolute atomic E-state index is 0.0856. The minimum atomic E-state index is -3.94. The fourth-order valence-corrected chi connectivity index (χ4v) is 4.02. The number of benzene rings is 2. The molecular weight excluding hydrogens is 452 g/mol. The average molecular weight is 468 g/mol. The van der Waals surface area contributed by atoms with E-state index in [-0.39, 0.29) is 27.9 Å². The van der Waals surface area contributed by atoms with Crippen LogP contribution in [0.3, 0.4) is 0 Å². The number of nitrogens with one attached hydrogen (secondary N) is 1. The summed E-state index contributed by atoms with van der Waals surface area (Å²) in [6.45, 7) is -1.14. The lowest BCUT2D eigenvalue weighted by atomic mass is 10.2. The second kappa shape index (κ2) is 9.36. The highest BCUT2D eigenvalue weighted by Gasteiger charge is 2.23. The molecule has 0 aliphatic heterocycles. The Balaban J connectivity index is 1.80. The van der Waals surface area contributed by atoms with E-state index in [1.807, 2.05) is 13.0 Å². The van der Waals surface area contributed by atoms with E-state index in [9.17, 15) is 22.0 Å². The summed E-state index contributed by atoms with van der Waals surface area (Å²) in [5.41, 5.74) is 1.35. The summed E-state index contributed by atoms with van der Waals surface area (Å²) in [6, 6.07) is 12.1. The molecule has 3 aromatic rings. The van der Waals surface area contributed by atoms with E-state index < -0.39 is 27.5 Å². The largest absolute Gasteiger partial charge is 0.435 e. The number of carbonyl (C=O) groups is 1. The number of aromatic nitrogens is 2. The number of amides is 1. The number of halogens is 3. The molecule has 3 rings (SSSR count). The van der Waals surface area contributed by atoms with Gasteiger partial charge in [-0.2, -0.15) is 8.78 Å². The lowest BCUT2D eigenvalue weighted by Gasteiger charge is -2.09. The quantitative estimate of drug-likeness (QED) is 0.521. The molecule has 0 saturated carbocycles. The van der Waals surface area contributed by atoms with Crippen LogP contribution in [-0.2, 0) is 15.6 Å². The topological polar surface area (TPSA) is 98.2 Å². The van der Waals surface area contributed by atoms with Crippen LogP contribution in [0.1, 0.15) is 21.6 Å². The number of sulfone groups is 1. The van der Waals surface area contributed by atoms with Crippen LogP contribution in [0.5, 0.6) is 5.75 Å². The summed E-state index contributed by atoms with van der Waals surface area (Å²) >= 11 is 5.99. The second-order valence-electron chi connectivity index (χ2n) is 6.45. The second-order valence-corrected chi connectivity index (χ2v) is 8.74. The van der Waals surface area contributed by atoms with E-state index in [0.29, 0.717) is 5.56 Å². The highest BCUT2D eigenvalue weighted by molar-refractivity contribution is 7.90. The molecule has 2 aromatic carbocycles. The molecule has 0 atom stereocenters. The number of hydrogen-bond acceptors (Lipinski definition) is 6. The molecular formula is C20H16ClF2N3O4S. The number of carbonyl (C=O) groups excluding carboxylic acids is 1. The maximum atomic E-state index is 12.7. The fraction of sp³-hybridized carbons (Fsp3) is 0.150. The van der Waals surface area contributed by atoms with Crippen molar-refractivity contribution >= 4 is 33.0 Å². The van der Waals surface area contributed by atoms with Crippen LogP contribution in [-0.4, -0.2) is 30.9 Å². The monoisotopic (exact) mass is 467 g/mol. The lowest BCUT2D eigenvalue weighted by Crippen LogP contribution is -2.18. The van der Waals surface area contributed by atoms with Gasteiger partial charge in [-0.05, 0) is 36.8 Å². The molecule has 7 nitrogen and oxygen atoms in total. The number of hydrogen-bond donors (Lipinski definition) is 1. The van der Waals surface area contributed by atoms with Crippen molar-refractivity contribution in [1.82, 2.24) is 9.97 Å². The zero-order valence-corrected chi connectivity index (χ0v) is 17.6. The first-order valence-electron chi connectivity index (χ1n) is 8.81. The van der Waals surface area contributed by atoms with Gasteiger partial charge in [-0.15, -0.1) is 0 Å². The first-order valence-corrected chi connectivity index (χ1v) is 10.8. The highest BCUT2D eigenvalue weighted by atomic mass is 35.5. The molecule has 0 aliphatic rings. The van der Waals surface area contributed by atoms with Gasteiger partial charge < -0.3 is 10.1 Å². The molecule has 0 bridgehead atoms. The standard InChI is InChI=1S/C20H16ClF2N3O4S/c1-12-3-2-4-13(9-12)11-31(28,29)20-24-10-16(21)17(26-20)18(27)25-14-5-7-15(8-6-14)30-19(22)23/h2-10,19H,11H2,1H3,(H,25,27). The Labute approximate surface area is 182 Å². The van der Waals surface area contributed by atoms with Crippen LogP contribution in [0.25, 0.3) is 0 Å². The van der Waals surface area contributed by atoms with E-state index >= 15 is 0 Å². The third-order valence-corrected chi connectivity index (χ3v) is 5.73. The van der Waals surface area contributed by atoms with Gasteiger partial charge in [-0.25, -0.2) is 18.4 Å². The molecule has 1 N–H and O–H groups in total. The normalized spacial score (nSPS) is 11.4. The number of ether oxygens (including phenoxy) is 1. The Kier molecular flexibility index (Phi) is 6.81. The van der Waals surface area contributed by atoms with Crippen molar-refractivity contribution in [3.05, 3.63) is 76.6 Å². The Morgan fingerprint density at radius 1 is 1.19 bits per heavy atom. The summed E-state index contributed by atoms with van der Waals surface area (Å²) in [5.74, 6) is -1.22. The SMILES string of the molecule is Cc1cccc(CS(=O)(=O)c2ncc(Cl)c(C(=O)Nc3ccc(OC(F)F)cc3)n2)c1. The van der Waals surface area contributed by atoms with Gasteiger partial charge in [0.2, 0.25) is 15.0 Å². The molecule has 0 unspecified atom stereocenters. The Hall–Kier alpha value is -3.11. The predicted octanol–water partition coefficient (Wildman–Crippen LogP) is 4.27. The van der Waals surface area contributed by atoms with E-state index in [2.05, 4.69) is 20.0 Å². The van der Waals surface area contributed by atoms with Gasteiger partial charge in [-0.3, -0.25) is 4.79 Å². The maximum absolute atomic E-state index is 12.7. The molecule has 0 saturated heterocycles. The number of rotatable bonds is 7. The van der Waals surface area contributed by atoms with E-state index in [1.165, 1.54) is 24.3 Å². The fourth-order valence-electron chi connectivity index (χ4n) is 2.66. The molecule has 0 spiro atoms. The number of aryl methyl sites for hydroxylation is 1. The van der Waals surface area contributed by atoms with Gasteiger partial charge in [0.25, 0.3) is 5.91 Å². The molecule has 11 heteroatoms. The van der Waals surface area contributed by atoms with Gasteiger partial charge in [0.05, 0.1) is 17.0 Å². The predicted molar refractivity (Wildman–Crippen MR) is 110 cm³/mol. The smallest absolute Gasteiger partial charge is 0.387 e. The van der Waals surface area contributed by atoms with Crippen molar-refractivity contribution < 1.29 is 26.7 Å². The molecule has 162 valence electrons. The van der Waals surface area contributed by atoms with Crippen LogP contribution in [0, 0.1) is 6.92 Å². The molecule has 0 radical (unpaired) electrons. The van der Waals surface area contributed by atoms with Gasteiger partial charge in [0.15, 0.2) is 5.69 Å². The van der Waals surface area contributed by atoms with Crippen LogP contribution in [0.15, 0.2) is 59.9 Å². The van der Waals surface area contributed by atoms with Crippen molar-refractivity contribution in [2.45, 2.75) is 24.4 Å². The molecule has 1 aromatic heterocycles. The third-order valence-electron chi connectivity index (χ3n) is 3.99. The van der Waals surface area contributed by atoms with Crippen LogP contribution in [0.4, 0.5) is 14.5 Å². The van der Waals surface area contributed by atoms with E-state index in [0.717, 1.165) is 11.8 Å². The van der Waals surface area contributed by atoms with Crippen molar-refractivity contribution in [2.24, 2.45) is 0 Å². The Bertz CT molecular complexity index is 1210. The van der Waals surface area contributed by atoms with Crippen LogP contribution < -0.4 is 10.1 Å². The van der Waals surface area contributed by atoms with Gasteiger partial charge in [0, 0.05) is 5.69 Å². The molecule has 1 amide bonds. The third kappa shape index (κ3) is 5.96. The van der Waals surface area contributed by atoms with Crippen LogP contribution >= 0.6 is 11.6 Å². The summed E-state index contributed by atoms with van der Waals surface area (Å²) < 4.78 is 54.1. The zero-order chi connectivity index (χ0) is 22.6. The van der Waals surface area contributed by atoms with Crippen molar-refractivity contribution in [2.75, 3.05) is 5.32 Å². The van der Waals surface area contributed by atoms with Crippen LogP contribution in [0.2, 0.25) is 5.02 Å². The molecule has 1 heterocycles. The van der Waals surface area contributed by atoms with Crippen molar-refractivity contribution in [3.63, 3.8) is 0 Å². The lowest BCUT2D eigenvalue weighted by molar-refractivity contribution is -0.0498. The first-order chi connectivity index (χ1) is 14.6. The number of alkyl halides is 2. The van der Waals surface area contributed by atoms with E-state index in [1.54, 1.807) is 18.2 Å². The summed E-state index contributed by atoms with van der Waals surface area (Å²) in [4.78, 5) is 20.2. The Morgan fingerprint density at radius 3 is 2.55 bits per heavy atom. The van der Waals surface area contributed by atoms with Crippen molar-refractivity contribution in [3.8, 4) is 5.75 Å². The summed E-state index contributed by atoms with van der Waals surface area (Å²) in [7, 11) is -3.94. The van der Waals surface area contributed by atoms with Gasteiger partial charge >= 0.3 is 6.61 Å². The highest BCUT2D eigenvalue weighted by Crippen LogP contribution is 2.21. The maximum Gasteiger partial charge on any atom is 0.387 e. The average Bonchev–Trinajstić information content (AvgIpc) is 2.69. The number of anilines is 1. The molecule has 0 aliphatic carbocycles. The zero-order valence-electron chi connectivity index (χ0n) is 16.1. The number of nitrogens with zero attached hydrogens (tertiary/aromatic N) is 2. The Morgan fingerprint density at radius 2 is 1.90 bits per heavy atom. The summed E-state index contributed by atoms with van der Waals surface area (Å²) in [5, 5.41) is 1.78. The van der Waals surface area contributed by atoms with Gasteiger partial charge in [-0.1, -0.05) is 41.4 Å². The molecule has 0 fully saturated rings.